The number of carboxylic acids is 1. The van der Waals surface area contributed by atoms with E-state index in [-0.39, 0.29) is 26.9 Å². The number of hydrogen-bond donors (Lipinski definition) is 5. The number of rotatable bonds is 18. The van der Waals surface area contributed by atoms with Gasteiger partial charge < -0.3 is 62.5 Å². The van der Waals surface area contributed by atoms with E-state index in [1.54, 1.807) is 14.0 Å². The first-order chi connectivity index (χ1) is 21.2. The fraction of sp³-hybridized carbons (Fsp3) is 0.862. The topological polar surface area (TPSA) is 226 Å². The molecular weight excluding hydrogens is 667 g/mol. The average Bonchev–Trinajstić information content (AvgIpc) is 3.01. The lowest BCUT2D eigenvalue weighted by atomic mass is 10.1. The van der Waals surface area contributed by atoms with Gasteiger partial charge in [0.15, 0.2) is 0 Å². The minimum atomic E-state index is -3.26. The summed E-state index contributed by atoms with van der Waals surface area (Å²) in [7, 11) is -5.91. The van der Waals surface area contributed by atoms with Crippen LogP contribution in [0.25, 0.3) is 0 Å². The number of carboxylic acid groups (broad SMARTS) is 1. The Labute approximate surface area is 287 Å². The molecule has 1 aliphatic rings. The van der Waals surface area contributed by atoms with E-state index in [1.807, 2.05) is 20.8 Å². The molecule has 15 nitrogen and oxygen atoms in total. The summed E-state index contributed by atoms with van der Waals surface area (Å²) in [5, 5.41) is 16.8. The van der Waals surface area contributed by atoms with Crippen molar-refractivity contribution in [2.75, 3.05) is 47.1 Å². The Morgan fingerprint density at radius 2 is 1.45 bits per heavy atom. The summed E-state index contributed by atoms with van der Waals surface area (Å²) in [5.41, 5.74) is 16.7. The number of carbonyl (C=O) groups is 2. The number of aliphatic hydroxyl groups is 1. The average molecular weight is 734 g/mol. The lowest BCUT2D eigenvalue weighted by molar-refractivity contribution is -0.149. The predicted octanol–water partition coefficient (Wildman–Crippen LogP) is 2.78. The maximum absolute atomic E-state index is 12.3. The van der Waals surface area contributed by atoms with Crippen LogP contribution in [0.1, 0.15) is 75.7 Å². The smallest absolute Gasteiger partial charge is 0.481 e. The van der Waals surface area contributed by atoms with Gasteiger partial charge in [0.25, 0.3) is 0 Å². The number of nitrogens with two attached hydrogens (primary N) is 3. The van der Waals surface area contributed by atoms with Gasteiger partial charge in [0.1, 0.15) is 0 Å². The monoisotopic (exact) mass is 733 g/mol. The summed E-state index contributed by atoms with van der Waals surface area (Å²) in [6.45, 7) is 12.9. The Bertz CT molecular complexity index is 853. The molecule has 1 rings (SSSR count). The lowest BCUT2D eigenvalue weighted by Crippen LogP contribution is -2.62. The molecule has 1 fully saturated rings. The first kappa shape index (κ1) is 52.4. The van der Waals surface area contributed by atoms with Crippen LogP contribution in [-0.4, -0.2) is 108 Å². The molecule has 6 unspecified atom stereocenters. The van der Waals surface area contributed by atoms with Crippen LogP contribution in [0.3, 0.4) is 0 Å². The Hall–Kier alpha value is -1.45. The highest BCUT2D eigenvalue weighted by atomic mass is 28.5. The zero-order valence-corrected chi connectivity index (χ0v) is 31.4. The molecule has 1 saturated heterocycles. The predicted molar refractivity (Wildman–Crippen MR) is 189 cm³/mol. The first-order valence-electron chi connectivity index (χ1n) is 15.3. The summed E-state index contributed by atoms with van der Waals surface area (Å²) in [4.78, 5) is 22.3. The number of carbonyl (C=O) groups excluding carboxylic acids is 1. The van der Waals surface area contributed by atoms with Crippen LogP contribution in [0.5, 0.6) is 0 Å². The van der Waals surface area contributed by atoms with Crippen molar-refractivity contribution in [3.8, 4) is 12.5 Å². The molecule has 8 N–H and O–H groups in total. The molecule has 1 heterocycles. The molecule has 282 valence electrons. The van der Waals surface area contributed by atoms with Crippen LogP contribution >= 0.6 is 0 Å². The van der Waals surface area contributed by atoms with Crippen molar-refractivity contribution >= 4 is 38.4 Å². The van der Waals surface area contributed by atoms with Gasteiger partial charge in [-0.25, -0.2) is 0 Å². The van der Waals surface area contributed by atoms with Crippen LogP contribution < -0.4 is 17.2 Å². The standard InChI is InChI=1S/C13H30N2O6Si2.C9H19NO3Si.C5H10O3.2CH4/c1-11-12(2)19-22(17-3,9-5-7-14)21-23(18-4,10-6-8-15)20-13(11)16;1-4-11-14(12-5-2,13-6-3)9-7-8-10;1-3(4(2)6)5(7)8;;/h11-12H,5-10,14-15H2,1-4H3;1H,5-10H2,2-3H3;3-4,6H,1-2H3,(H,7,8);2*1H4. The third-order valence-corrected chi connectivity index (χ3v) is 16.5. The number of aliphatic carboxylic acids is 1. The molecule has 6 atom stereocenters. The van der Waals surface area contributed by atoms with E-state index in [2.05, 4.69) is 6.11 Å². The highest BCUT2D eigenvalue weighted by Crippen LogP contribution is 2.32. The Morgan fingerprint density at radius 3 is 1.79 bits per heavy atom. The number of terminal acetylenes is 1. The first-order valence-corrected chi connectivity index (χ1v) is 21.1. The Kier molecular flexibility index (Phi) is 31.6. The molecule has 0 amide bonds. The fourth-order valence-electron chi connectivity index (χ4n) is 3.68. The summed E-state index contributed by atoms with van der Waals surface area (Å²) in [5.74, 6) is -2.42. The third kappa shape index (κ3) is 20.0. The second-order valence-corrected chi connectivity index (χ2v) is 18.7. The van der Waals surface area contributed by atoms with Gasteiger partial charge in [0, 0.05) is 45.6 Å². The normalized spacial score (nSPS) is 23.6. The Balaban J connectivity index is -0.000000329. The van der Waals surface area contributed by atoms with E-state index in [0.29, 0.717) is 63.8 Å². The maximum Gasteiger partial charge on any atom is 0.574 e. The van der Waals surface area contributed by atoms with E-state index in [4.69, 9.17) is 68.9 Å². The number of aliphatic hydroxyl groups excluding tert-OH is 1. The lowest BCUT2D eigenvalue weighted by Gasteiger charge is -2.41. The molecule has 18 heteroatoms. The van der Waals surface area contributed by atoms with Crippen LogP contribution in [0.15, 0.2) is 0 Å². The van der Waals surface area contributed by atoms with E-state index in [9.17, 15) is 9.59 Å². The zero-order valence-electron chi connectivity index (χ0n) is 28.4. The summed E-state index contributed by atoms with van der Waals surface area (Å²) < 4.78 is 45.5. The van der Waals surface area contributed by atoms with E-state index in [0.717, 1.165) is 6.42 Å². The minimum absolute atomic E-state index is 0. The molecule has 47 heavy (non-hydrogen) atoms. The quantitative estimate of drug-likeness (QED) is 0.101. The summed E-state index contributed by atoms with van der Waals surface area (Å²) >= 11 is 0. The van der Waals surface area contributed by atoms with Crippen molar-refractivity contribution in [1.82, 2.24) is 0 Å². The minimum Gasteiger partial charge on any atom is -0.481 e. The van der Waals surface area contributed by atoms with Gasteiger partial charge in [-0.3, -0.25) is 9.59 Å². The van der Waals surface area contributed by atoms with E-state index in [1.165, 1.54) is 21.0 Å². The molecule has 0 bridgehead atoms. The van der Waals surface area contributed by atoms with Crippen molar-refractivity contribution in [2.24, 2.45) is 29.0 Å². The van der Waals surface area contributed by atoms with Gasteiger partial charge in [0.05, 0.1) is 30.2 Å². The third-order valence-electron chi connectivity index (χ3n) is 6.75. The van der Waals surface area contributed by atoms with Gasteiger partial charge in [-0.2, -0.15) is 0 Å². The second-order valence-electron chi connectivity index (χ2n) is 10.2. The molecule has 1 aliphatic heterocycles. The van der Waals surface area contributed by atoms with Gasteiger partial charge in [-0.15, -0.1) is 0 Å². The highest BCUT2D eigenvalue weighted by Gasteiger charge is 2.57. The van der Waals surface area contributed by atoms with Gasteiger partial charge in [-0.05, 0) is 80.4 Å². The molecule has 0 radical (unpaired) electrons. The van der Waals surface area contributed by atoms with Crippen molar-refractivity contribution in [3.05, 3.63) is 0 Å². The summed E-state index contributed by atoms with van der Waals surface area (Å²) in [6.07, 6.45) is 8.27. The van der Waals surface area contributed by atoms with Crippen LogP contribution in [-0.2, 0) is 44.7 Å². The van der Waals surface area contributed by atoms with Gasteiger partial charge in [0.2, 0.25) is 0 Å². The van der Waals surface area contributed by atoms with Crippen molar-refractivity contribution in [3.63, 3.8) is 0 Å². The van der Waals surface area contributed by atoms with Crippen molar-refractivity contribution in [2.45, 2.75) is 106 Å². The second kappa shape index (κ2) is 28.4. The van der Waals surface area contributed by atoms with Crippen LogP contribution in [0, 0.1) is 24.4 Å². The molecule has 0 aromatic heterocycles. The van der Waals surface area contributed by atoms with Crippen molar-refractivity contribution < 1.29 is 54.9 Å². The molecule has 0 aromatic rings. The molecule has 0 aromatic carbocycles. The van der Waals surface area contributed by atoms with Gasteiger partial charge >= 0.3 is 38.4 Å². The van der Waals surface area contributed by atoms with E-state index < -0.39 is 50.3 Å². The molecular formula is C29H67N3O12Si3. The molecule has 0 aliphatic carbocycles. The Morgan fingerprint density at radius 1 is 0.979 bits per heavy atom. The largest absolute Gasteiger partial charge is 0.574 e. The number of hydrogen-bond acceptors (Lipinski definition) is 14. The maximum atomic E-state index is 12.3. The van der Waals surface area contributed by atoms with Gasteiger partial charge in [-0.1, -0.05) is 21.3 Å². The molecule has 0 saturated carbocycles. The van der Waals surface area contributed by atoms with E-state index >= 15 is 0 Å². The van der Waals surface area contributed by atoms with Crippen LogP contribution in [0.2, 0.25) is 18.1 Å². The zero-order chi connectivity index (χ0) is 35.1. The fourth-order valence-corrected chi connectivity index (χ4v) is 13.1. The SMILES string of the molecule is C.C.C#CO[Si](CCCN)(OCC)OCC.CC(O)C(C)C(=O)O.CO[Si]1(CCCN)OC(=O)C(C)C(C)O[Si](CCCN)(OC)O1. The van der Waals surface area contributed by atoms with Crippen molar-refractivity contribution in [1.29, 1.82) is 0 Å². The summed E-state index contributed by atoms with van der Waals surface area (Å²) in [6, 6.07) is 1.67. The molecule has 0 spiro atoms. The van der Waals surface area contributed by atoms with Crippen LogP contribution in [0.4, 0.5) is 0 Å². The highest BCUT2D eigenvalue weighted by molar-refractivity contribution is 6.76.